The van der Waals surface area contributed by atoms with Gasteiger partial charge in [-0.15, -0.1) is 0 Å². The fraction of sp³-hybridized carbons (Fsp3) is 0.556. The highest BCUT2D eigenvalue weighted by Crippen LogP contribution is 2.31. The molecule has 1 aliphatic heterocycles. The van der Waals surface area contributed by atoms with Gasteiger partial charge < -0.3 is 25.0 Å². The van der Waals surface area contributed by atoms with Gasteiger partial charge in [0.1, 0.15) is 24.4 Å². The Morgan fingerprint density at radius 1 is 1.29 bits per heavy atom. The van der Waals surface area contributed by atoms with Crippen molar-refractivity contribution in [2.24, 2.45) is 0 Å². The van der Waals surface area contributed by atoms with Crippen LogP contribution in [-0.4, -0.2) is 50.2 Å². The Hall–Kier alpha value is -1.48. The zero-order chi connectivity index (χ0) is 12.6. The van der Waals surface area contributed by atoms with Crippen LogP contribution in [0.3, 0.4) is 0 Å². The minimum absolute atomic E-state index is 0.00731. The molecular weight excluding hydrogens is 234 g/mol. The van der Waals surface area contributed by atoms with E-state index in [1.54, 1.807) is 0 Å². The van der Waals surface area contributed by atoms with Gasteiger partial charge in [0.2, 0.25) is 0 Å². The highest BCUT2D eigenvalue weighted by atomic mass is 16.6. The molecule has 1 saturated heterocycles. The maximum Gasteiger partial charge on any atom is 0.325 e. The van der Waals surface area contributed by atoms with Crippen LogP contribution in [0.5, 0.6) is 0 Å². The number of aromatic amines is 2. The molecule has 4 atom stereocenters. The molecule has 0 aliphatic carbocycles. The van der Waals surface area contributed by atoms with Gasteiger partial charge in [-0.25, -0.2) is 4.79 Å². The van der Waals surface area contributed by atoms with Crippen molar-refractivity contribution in [2.45, 2.75) is 24.4 Å². The van der Waals surface area contributed by atoms with Gasteiger partial charge in [0.15, 0.2) is 0 Å². The molecule has 0 amide bonds. The first kappa shape index (κ1) is 12.0. The second kappa shape index (κ2) is 4.41. The van der Waals surface area contributed by atoms with Crippen molar-refractivity contribution in [1.82, 2.24) is 9.97 Å². The SMILES string of the molecule is O=c1[15nH]cc([C@@H]2O[C@H](CO)[C@@H](O)[C@H]2O)c(=O)[15nH]1. The number of hydrogen-bond donors (Lipinski definition) is 5. The van der Waals surface area contributed by atoms with Crippen molar-refractivity contribution in [3.05, 3.63) is 32.6 Å². The first-order valence-corrected chi connectivity index (χ1v) is 4.99. The summed E-state index contributed by atoms with van der Waals surface area (Å²) >= 11 is 0. The molecule has 1 aliphatic rings. The third-order valence-electron chi connectivity index (χ3n) is 2.70. The van der Waals surface area contributed by atoms with Crippen LogP contribution >= 0.6 is 0 Å². The van der Waals surface area contributed by atoms with Crippen molar-refractivity contribution >= 4 is 0 Å². The van der Waals surface area contributed by atoms with Crippen LogP contribution < -0.4 is 11.2 Å². The van der Waals surface area contributed by atoms with Gasteiger partial charge in [-0.1, -0.05) is 0 Å². The summed E-state index contributed by atoms with van der Waals surface area (Å²) in [5.41, 5.74) is -1.39. The molecule has 2 heterocycles. The van der Waals surface area contributed by atoms with Crippen LogP contribution in [0.2, 0.25) is 0 Å². The summed E-state index contributed by atoms with van der Waals surface area (Å²) in [5.74, 6) is 0. The van der Waals surface area contributed by atoms with E-state index in [0.29, 0.717) is 0 Å². The minimum atomic E-state index is -1.33. The standard InChI is InChI=1S/C9H12N2O6/c12-2-4-5(13)6(14)7(17-4)3-1-10-9(16)11-8(3)15/h1,4-7,12-14H,2H2,(H2,10,11,15,16)/t4-,5-,6-,7+/m1/s1/i10+1,11+1. The van der Waals surface area contributed by atoms with Gasteiger partial charge in [-0.05, 0) is 0 Å². The Labute approximate surface area is 94.5 Å². The van der Waals surface area contributed by atoms with Crippen LogP contribution in [0.15, 0.2) is 15.8 Å². The number of H-pyrrole nitrogens is 2. The quantitative estimate of drug-likeness (QED) is 0.383. The Morgan fingerprint density at radius 2 is 2.00 bits per heavy atom. The molecule has 8 heteroatoms. The van der Waals surface area contributed by atoms with E-state index >= 15 is 0 Å². The number of aliphatic hydroxyl groups is 3. The molecule has 1 fully saturated rings. The Bertz CT molecular complexity index is 509. The summed E-state index contributed by atoms with van der Waals surface area (Å²) in [6.07, 6.45) is -3.54. The predicted octanol–water partition coefficient (Wildman–Crippen LogP) is -2.78. The fourth-order valence-corrected chi connectivity index (χ4v) is 1.79. The zero-order valence-electron chi connectivity index (χ0n) is 8.66. The topological polar surface area (TPSA) is 136 Å². The molecule has 0 radical (unpaired) electrons. The number of aliphatic hydroxyl groups excluding tert-OH is 3. The average molecular weight is 246 g/mol. The molecule has 0 spiro atoms. The highest BCUT2D eigenvalue weighted by Gasteiger charge is 2.44. The van der Waals surface area contributed by atoms with E-state index in [0.717, 1.165) is 6.20 Å². The summed E-state index contributed by atoms with van der Waals surface area (Å²) in [6.45, 7) is -0.476. The number of hydrogen-bond acceptors (Lipinski definition) is 6. The zero-order valence-corrected chi connectivity index (χ0v) is 8.66. The lowest BCUT2D eigenvalue weighted by molar-refractivity contribution is -0.0232. The Balaban J connectivity index is 2.35. The Kier molecular flexibility index (Phi) is 3.11. The van der Waals surface area contributed by atoms with Gasteiger partial charge >= 0.3 is 5.69 Å². The molecule has 0 aromatic carbocycles. The summed E-state index contributed by atoms with van der Waals surface area (Å²) < 4.78 is 5.15. The second-order valence-corrected chi connectivity index (χ2v) is 3.79. The lowest BCUT2D eigenvalue weighted by atomic mass is 10.0. The lowest BCUT2D eigenvalue weighted by Gasteiger charge is -2.13. The van der Waals surface area contributed by atoms with Gasteiger partial charge in [0, 0.05) is 6.20 Å². The van der Waals surface area contributed by atoms with E-state index in [9.17, 15) is 19.8 Å². The van der Waals surface area contributed by atoms with Crippen molar-refractivity contribution in [2.75, 3.05) is 6.61 Å². The van der Waals surface area contributed by atoms with Crippen LogP contribution in [-0.2, 0) is 4.74 Å². The number of nitrogens with one attached hydrogen (secondary N) is 2. The number of rotatable bonds is 2. The molecule has 94 valence electrons. The van der Waals surface area contributed by atoms with Gasteiger partial charge in [0.25, 0.3) is 5.56 Å². The molecule has 17 heavy (non-hydrogen) atoms. The summed E-state index contributed by atoms with van der Waals surface area (Å²) in [6, 6.07) is 0. The number of aromatic nitrogens is 2. The lowest BCUT2D eigenvalue weighted by Crippen LogP contribution is -2.34. The third kappa shape index (κ3) is 2.03. The van der Waals surface area contributed by atoms with Crippen LogP contribution in [0.25, 0.3) is 0 Å². The van der Waals surface area contributed by atoms with E-state index in [1.807, 2.05) is 4.98 Å². The first-order chi connectivity index (χ1) is 8.04. The van der Waals surface area contributed by atoms with Crippen molar-refractivity contribution in [1.29, 1.82) is 0 Å². The highest BCUT2D eigenvalue weighted by molar-refractivity contribution is 5.13. The van der Waals surface area contributed by atoms with Crippen molar-refractivity contribution < 1.29 is 20.1 Å². The molecule has 0 saturated carbocycles. The molecule has 0 bridgehead atoms. The average Bonchev–Trinajstić information content (AvgIpc) is 2.57. The van der Waals surface area contributed by atoms with Crippen LogP contribution in [0, 0.1) is 0 Å². The Morgan fingerprint density at radius 3 is 2.53 bits per heavy atom. The van der Waals surface area contributed by atoms with E-state index in [4.69, 9.17) is 9.84 Å². The second-order valence-electron chi connectivity index (χ2n) is 3.79. The molecule has 8 nitrogen and oxygen atoms in total. The van der Waals surface area contributed by atoms with Crippen molar-refractivity contribution in [3.63, 3.8) is 0 Å². The van der Waals surface area contributed by atoms with Gasteiger partial charge in [-0.3, -0.25) is 9.78 Å². The van der Waals surface area contributed by atoms with Crippen molar-refractivity contribution in [3.8, 4) is 0 Å². The normalized spacial score (nSPS) is 32.9. The van der Waals surface area contributed by atoms with E-state index in [1.165, 1.54) is 0 Å². The largest absolute Gasteiger partial charge is 0.394 e. The van der Waals surface area contributed by atoms with Crippen LogP contribution in [0.4, 0.5) is 0 Å². The fourth-order valence-electron chi connectivity index (χ4n) is 1.79. The molecule has 5 N–H and O–H groups in total. The maximum absolute atomic E-state index is 11.5. The summed E-state index contributed by atoms with van der Waals surface area (Å²) in [5, 5.41) is 28.1. The van der Waals surface area contributed by atoms with E-state index < -0.39 is 42.3 Å². The van der Waals surface area contributed by atoms with Gasteiger partial charge in [-0.2, -0.15) is 0 Å². The molecule has 1 aromatic rings. The van der Waals surface area contributed by atoms with E-state index in [-0.39, 0.29) is 5.56 Å². The maximum atomic E-state index is 11.5. The summed E-state index contributed by atoms with van der Waals surface area (Å²) in [7, 11) is 0. The van der Waals surface area contributed by atoms with Crippen LogP contribution in [0.1, 0.15) is 11.7 Å². The smallest absolute Gasteiger partial charge is 0.325 e. The monoisotopic (exact) mass is 246 g/mol. The summed E-state index contributed by atoms with van der Waals surface area (Å²) in [4.78, 5) is 26.5. The molecule has 2 rings (SSSR count). The van der Waals surface area contributed by atoms with E-state index in [2.05, 4.69) is 4.98 Å². The number of ether oxygens (including phenoxy) is 1. The molecule has 0 unspecified atom stereocenters. The predicted molar refractivity (Wildman–Crippen MR) is 54.4 cm³/mol. The minimum Gasteiger partial charge on any atom is -0.394 e. The molecule has 1 aromatic heterocycles. The van der Waals surface area contributed by atoms with Gasteiger partial charge in [0.05, 0.1) is 12.2 Å². The first-order valence-electron chi connectivity index (χ1n) is 4.99. The third-order valence-corrected chi connectivity index (χ3v) is 2.70. The molecular formula is C9H12N2O6.